The lowest BCUT2D eigenvalue weighted by Gasteiger charge is -2.39. The summed E-state index contributed by atoms with van der Waals surface area (Å²) in [6.45, 7) is 4.54. The van der Waals surface area contributed by atoms with Gasteiger partial charge in [-0.15, -0.1) is 0 Å². The second kappa shape index (κ2) is 5.99. The molecular weight excluding hydrogens is 272 g/mol. The molecule has 2 aromatic rings. The van der Waals surface area contributed by atoms with Crippen molar-refractivity contribution in [1.82, 2.24) is 19.5 Å². The van der Waals surface area contributed by atoms with Gasteiger partial charge in [-0.3, -0.25) is 0 Å². The quantitative estimate of drug-likeness (QED) is 0.850. The zero-order valence-corrected chi connectivity index (χ0v) is 13.5. The molecule has 3 heterocycles. The summed E-state index contributed by atoms with van der Waals surface area (Å²) in [6.07, 6.45) is 11.6. The second-order valence-electron chi connectivity index (χ2n) is 7.03. The molecule has 0 spiro atoms. The summed E-state index contributed by atoms with van der Waals surface area (Å²) in [5, 5.41) is 4.64. The van der Waals surface area contributed by atoms with Gasteiger partial charge in [0.15, 0.2) is 5.65 Å². The van der Waals surface area contributed by atoms with Crippen LogP contribution < -0.4 is 0 Å². The lowest BCUT2D eigenvalue weighted by molar-refractivity contribution is 0.121. The van der Waals surface area contributed by atoms with E-state index in [2.05, 4.69) is 31.6 Å². The Hall–Kier alpha value is -1.42. The van der Waals surface area contributed by atoms with Crippen molar-refractivity contribution in [2.45, 2.75) is 63.8 Å². The van der Waals surface area contributed by atoms with Gasteiger partial charge in [-0.05, 0) is 51.8 Å². The maximum Gasteiger partial charge on any atom is 0.155 e. The number of piperidine rings is 1. The molecule has 4 heteroatoms. The van der Waals surface area contributed by atoms with Crippen molar-refractivity contribution < 1.29 is 0 Å². The minimum atomic E-state index is 0.629. The smallest absolute Gasteiger partial charge is 0.155 e. The summed E-state index contributed by atoms with van der Waals surface area (Å²) in [5.74, 6) is 0.629. The van der Waals surface area contributed by atoms with Crippen LogP contribution in [0.15, 0.2) is 18.3 Å². The molecule has 0 amide bonds. The Balaban J connectivity index is 1.48. The summed E-state index contributed by atoms with van der Waals surface area (Å²) in [7, 11) is 0. The van der Waals surface area contributed by atoms with Gasteiger partial charge in [0.25, 0.3) is 0 Å². The first-order valence-corrected chi connectivity index (χ1v) is 8.86. The zero-order chi connectivity index (χ0) is 14.9. The Kier molecular flexibility index (Phi) is 3.87. The molecule has 2 fully saturated rings. The lowest BCUT2D eigenvalue weighted by atomic mass is 9.89. The largest absolute Gasteiger partial charge is 0.300 e. The summed E-state index contributed by atoms with van der Waals surface area (Å²) < 4.78 is 2.07. The monoisotopic (exact) mass is 298 g/mol. The lowest BCUT2D eigenvalue weighted by Crippen LogP contribution is -2.42. The Bertz CT molecular complexity index is 634. The third-order valence-electron chi connectivity index (χ3n) is 5.55. The highest BCUT2D eigenvalue weighted by Gasteiger charge is 2.28. The van der Waals surface area contributed by atoms with Gasteiger partial charge in [0.1, 0.15) is 0 Å². The first-order chi connectivity index (χ1) is 10.8. The highest BCUT2D eigenvalue weighted by atomic mass is 15.3. The van der Waals surface area contributed by atoms with Gasteiger partial charge in [-0.25, -0.2) is 9.50 Å². The minimum Gasteiger partial charge on any atom is -0.300 e. The van der Waals surface area contributed by atoms with Gasteiger partial charge in [-0.1, -0.05) is 19.3 Å². The van der Waals surface area contributed by atoms with Crippen LogP contribution in [-0.4, -0.2) is 38.6 Å². The number of fused-ring (bicyclic) bond motifs is 1. The van der Waals surface area contributed by atoms with Crippen molar-refractivity contribution in [3.63, 3.8) is 0 Å². The number of hydrogen-bond donors (Lipinski definition) is 0. The standard InChI is InChI=1S/C18H26N4/c1-14-13-18-19-10-7-17(22(18)20-14)15-8-11-21(12-9-15)16-5-3-2-4-6-16/h7,10,13,15-16H,2-6,8-9,11-12H2,1H3. The van der Waals surface area contributed by atoms with Gasteiger partial charge in [0, 0.05) is 29.9 Å². The summed E-state index contributed by atoms with van der Waals surface area (Å²) in [5.41, 5.74) is 3.39. The van der Waals surface area contributed by atoms with Crippen LogP contribution >= 0.6 is 0 Å². The Morgan fingerprint density at radius 2 is 1.82 bits per heavy atom. The maximum absolute atomic E-state index is 4.64. The molecule has 0 N–H and O–H groups in total. The molecular formula is C18H26N4. The molecule has 118 valence electrons. The molecule has 4 nitrogen and oxygen atoms in total. The number of likely N-dealkylation sites (tertiary alicyclic amines) is 1. The van der Waals surface area contributed by atoms with Crippen molar-refractivity contribution in [1.29, 1.82) is 0 Å². The van der Waals surface area contributed by atoms with Gasteiger partial charge in [0.2, 0.25) is 0 Å². The van der Waals surface area contributed by atoms with Crippen molar-refractivity contribution in [2.75, 3.05) is 13.1 Å². The van der Waals surface area contributed by atoms with Crippen molar-refractivity contribution in [3.05, 3.63) is 29.7 Å². The van der Waals surface area contributed by atoms with Crippen LogP contribution in [0.4, 0.5) is 0 Å². The first kappa shape index (κ1) is 14.2. The molecule has 1 aliphatic carbocycles. The van der Waals surface area contributed by atoms with Crippen LogP contribution in [-0.2, 0) is 0 Å². The van der Waals surface area contributed by atoms with Crippen molar-refractivity contribution in [3.8, 4) is 0 Å². The summed E-state index contributed by atoms with van der Waals surface area (Å²) >= 11 is 0. The Morgan fingerprint density at radius 1 is 1.05 bits per heavy atom. The van der Waals surface area contributed by atoms with Crippen LogP contribution in [0.1, 0.15) is 62.3 Å². The van der Waals surface area contributed by atoms with Gasteiger partial charge >= 0.3 is 0 Å². The number of hydrogen-bond acceptors (Lipinski definition) is 3. The van der Waals surface area contributed by atoms with Crippen LogP contribution in [0, 0.1) is 6.92 Å². The molecule has 2 aromatic heterocycles. The predicted molar refractivity (Wildman–Crippen MR) is 88.1 cm³/mol. The van der Waals surface area contributed by atoms with E-state index in [4.69, 9.17) is 0 Å². The average Bonchev–Trinajstić information content (AvgIpc) is 2.96. The Labute approximate surface area is 132 Å². The molecule has 1 aliphatic heterocycles. The molecule has 0 aromatic carbocycles. The fraction of sp³-hybridized carbons (Fsp3) is 0.667. The van der Waals surface area contributed by atoms with Gasteiger partial charge in [0.05, 0.1) is 5.69 Å². The topological polar surface area (TPSA) is 33.4 Å². The van der Waals surface area contributed by atoms with Gasteiger partial charge in [-0.2, -0.15) is 5.10 Å². The number of aromatic nitrogens is 3. The van der Waals surface area contributed by atoms with Crippen LogP contribution in [0.25, 0.3) is 5.65 Å². The highest BCUT2D eigenvalue weighted by molar-refractivity contribution is 5.40. The summed E-state index contributed by atoms with van der Waals surface area (Å²) in [4.78, 5) is 7.19. The molecule has 0 radical (unpaired) electrons. The molecule has 0 unspecified atom stereocenters. The number of nitrogens with zero attached hydrogens (tertiary/aromatic N) is 4. The SMILES string of the molecule is Cc1cc2nccc(C3CCN(C4CCCCC4)CC3)n2n1. The van der Waals surface area contributed by atoms with E-state index in [0.29, 0.717) is 5.92 Å². The minimum absolute atomic E-state index is 0.629. The molecule has 22 heavy (non-hydrogen) atoms. The number of aryl methyl sites for hydroxylation is 1. The van der Waals surface area contributed by atoms with Crippen molar-refractivity contribution >= 4 is 5.65 Å². The predicted octanol–water partition coefficient (Wildman–Crippen LogP) is 3.55. The highest BCUT2D eigenvalue weighted by Crippen LogP contribution is 2.31. The van der Waals surface area contributed by atoms with E-state index in [1.807, 2.05) is 13.1 Å². The van der Waals surface area contributed by atoms with E-state index in [-0.39, 0.29) is 0 Å². The van der Waals surface area contributed by atoms with Gasteiger partial charge < -0.3 is 4.90 Å². The van der Waals surface area contributed by atoms with Crippen molar-refractivity contribution in [2.24, 2.45) is 0 Å². The maximum atomic E-state index is 4.64. The number of rotatable bonds is 2. The molecule has 0 atom stereocenters. The fourth-order valence-corrected chi connectivity index (χ4v) is 4.34. The van der Waals surface area contributed by atoms with E-state index in [0.717, 1.165) is 17.4 Å². The molecule has 2 aliphatic rings. The third kappa shape index (κ3) is 2.65. The Morgan fingerprint density at radius 3 is 2.59 bits per heavy atom. The van der Waals surface area contributed by atoms with Crippen LogP contribution in [0.5, 0.6) is 0 Å². The fourth-order valence-electron chi connectivity index (χ4n) is 4.34. The first-order valence-electron chi connectivity index (χ1n) is 8.86. The average molecular weight is 298 g/mol. The van der Waals surface area contributed by atoms with E-state index < -0.39 is 0 Å². The van der Waals surface area contributed by atoms with E-state index >= 15 is 0 Å². The summed E-state index contributed by atoms with van der Waals surface area (Å²) in [6, 6.07) is 5.10. The van der Waals surface area contributed by atoms with E-state index in [9.17, 15) is 0 Å². The van der Waals surface area contributed by atoms with E-state index in [1.165, 1.54) is 63.7 Å². The third-order valence-corrected chi connectivity index (χ3v) is 5.55. The normalized spacial score (nSPS) is 22.4. The van der Waals surface area contributed by atoms with E-state index in [1.54, 1.807) is 0 Å². The molecule has 1 saturated heterocycles. The molecule has 1 saturated carbocycles. The second-order valence-corrected chi connectivity index (χ2v) is 7.03. The molecule has 4 rings (SSSR count). The zero-order valence-electron chi connectivity index (χ0n) is 13.5. The molecule has 0 bridgehead atoms. The van der Waals surface area contributed by atoms with Crippen LogP contribution in [0.3, 0.4) is 0 Å². The van der Waals surface area contributed by atoms with Crippen LogP contribution in [0.2, 0.25) is 0 Å².